The number of fused-ring (bicyclic) bond motifs is 1. The number of nitrogen functional groups attached to an aromatic ring is 1. The van der Waals surface area contributed by atoms with Crippen molar-refractivity contribution in [2.75, 3.05) is 5.73 Å². The molecule has 0 saturated carbocycles. The largest absolute Gasteiger partial charge is 0.413 e. The molecule has 0 amide bonds. The highest BCUT2D eigenvalue weighted by Gasteiger charge is 2.12. The Hall–Kier alpha value is -2.08. The molecule has 0 aliphatic carbocycles. The molecule has 2 N–H and O–H groups in total. The van der Waals surface area contributed by atoms with Gasteiger partial charge >= 0.3 is 4.94 Å². The number of anilines is 1. The fraction of sp³-hybridized carbons (Fsp3) is 0. The van der Waals surface area contributed by atoms with Gasteiger partial charge in [0, 0.05) is 11.6 Å². The van der Waals surface area contributed by atoms with E-state index < -0.39 is 0 Å². The normalized spacial score (nSPS) is 11.0. The standard InChI is InChI=1S/C10H6N2O3S/c11-8-4-6(12-15-8)5-2-1-3-7-9(5)14-10(13)16-7/h1-4H,11H2. The Morgan fingerprint density at radius 3 is 3.00 bits per heavy atom. The number of hydrogen-bond donors (Lipinski definition) is 1. The lowest BCUT2D eigenvalue weighted by Crippen LogP contribution is -1.81. The highest BCUT2D eigenvalue weighted by molar-refractivity contribution is 7.16. The molecule has 80 valence electrons. The number of nitrogens with two attached hydrogens (primary N) is 1. The third-order valence-corrected chi connectivity index (χ3v) is 2.95. The summed E-state index contributed by atoms with van der Waals surface area (Å²) >= 11 is 1.06. The van der Waals surface area contributed by atoms with E-state index in [-0.39, 0.29) is 10.8 Å². The maximum Gasteiger partial charge on any atom is 0.396 e. The average molecular weight is 234 g/mol. The van der Waals surface area contributed by atoms with Gasteiger partial charge in [0.1, 0.15) is 5.69 Å². The van der Waals surface area contributed by atoms with Crippen LogP contribution in [-0.4, -0.2) is 5.16 Å². The van der Waals surface area contributed by atoms with E-state index >= 15 is 0 Å². The molecule has 16 heavy (non-hydrogen) atoms. The lowest BCUT2D eigenvalue weighted by molar-refractivity contribution is 0.439. The number of hydrogen-bond acceptors (Lipinski definition) is 6. The molecule has 1 aromatic carbocycles. The third-order valence-electron chi connectivity index (χ3n) is 2.16. The van der Waals surface area contributed by atoms with Crippen LogP contribution in [0.3, 0.4) is 0 Å². The van der Waals surface area contributed by atoms with E-state index in [9.17, 15) is 4.79 Å². The average Bonchev–Trinajstić information content (AvgIpc) is 2.82. The van der Waals surface area contributed by atoms with Crippen LogP contribution in [0.15, 0.2) is 38.0 Å². The van der Waals surface area contributed by atoms with Crippen molar-refractivity contribution in [2.45, 2.75) is 0 Å². The third kappa shape index (κ3) is 1.31. The first-order valence-electron chi connectivity index (χ1n) is 4.49. The van der Waals surface area contributed by atoms with Gasteiger partial charge in [-0.3, -0.25) is 0 Å². The quantitative estimate of drug-likeness (QED) is 0.697. The van der Waals surface area contributed by atoms with Gasteiger partial charge in [0.25, 0.3) is 0 Å². The lowest BCUT2D eigenvalue weighted by atomic mass is 10.1. The summed E-state index contributed by atoms with van der Waals surface area (Å²) in [6.45, 7) is 0. The molecule has 6 heteroatoms. The second-order valence-electron chi connectivity index (χ2n) is 3.20. The summed E-state index contributed by atoms with van der Waals surface area (Å²) in [5.74, 6) is 0.226. The van der Waals surface area contributed by atoms with Crippen molar-refractivity contribution in [3.05, 3.63) is 34.0 Å². The molecule has 0 aliphatic rings. The Labute approximate surface area is 93.1 Å². The van der Waals surface area contributed by atoms with Gasteiger partial charge in [-0.2, -0.15) is 0 Å². The van der Waals surface area contributed by atoms with Crippen LogP contribution in [0.1, 0.15) is 0 Å². The minimum absolute atomic E-state index is 0.226. The van der Waals surface area contributed by atoms with Crippen molar-refractivity contribution in [3.8, 4) is 11.3 Å². The highest BCUT2D eigenvalue weighted by atomic mass is 32.1. The molecule has 0 unspecified atom stereocenters. The summed E-state index contributed by atoms with van der Waals surface area (Å²) in [5.41, 5.74) is 7.23. The van der Waals surface area contributed by atoms with Crippen LogP contribution < -0.4 is 10.7 Å². The van der Waals surface area contributed by atoms with E-state index in [2.05, 4.69) is 5.16 Å². The van der Waals surface area contributed by atoms with Crippen molar-refractivity contribution >= 4 is 27.5 Å². The van der Waals surface area contributed by atoms with E-state index in [0.717, 1.165) is 16.0 Å². The molecule has 3 aromatic rings. The van der Waals surface area contributed by atoms with Crippen LogP contribution in [0.5, 0.6) is 0 Å². The van der Waals surface area contributed by atoms with Gasteiger partial charge in [-0.15, -0.1) is 0 Å². The van der Waals surface area contributed by atoms with E-state index in [1.165, 1.54) is 0 Å². The Balaban J connectivity index is 2.34. The van der Waals surface area contributed by atoms with Gasteiger partial charge in [0.05, 0.1) is 4.70 Å². The molecule has 0 spiro atoms. The first kappa shape index (κ1) is 9.17. The Morgan fingerprint density at radius 1 is 1.38 bits per heavy atom. The van der Waals surface area contributed by atoms with Crippen molar-refractivity contribution in [2.24, 2.45) is 0 Å². The van der Waals surface area contributed by atoms with E-state index in [4.69, 9.17) is 14.7 Å². The maximum absolute atomic E-state index is 11.2. The van der Waals surface area contributed by atoms with E-state index in [1.54, 1.807) is 12.1 Å². The minimum atomic E-state index is -0.334. The van der Waals surface area contributed by atoms with E-state index in [0.29, 0.717) is 16.8 Å². The van der Waals surface area contributed by atoms with Crippen molar-refractivity contribution in [1.82, 2.24) is 5.16 Å². The number of nitrogens with zero attached hydrogens (tertiary/aromatic N) is 1. The molecule has 2 heterocycles. The second-order valence-corrected chi connectivity index (χ2v) is 4.18. The Morgan fingerprint density at radius 2 is 2.25 bits per heavy atom. The smallest absolute Gasteiger partial charge is 0.396 e. The van der Waals surface area contributed by atoms with Gasteiger partial charge in [-0.05, 0) is 12.1 Å². The molecule has 0 saturated heterocycles. The molecular formula is C10H6N2O3S. The highest BCUT2D eigenvalue weighted by Crippen LogP contribution is 2.29. The van der Waals surface area contributed by atoms with Crippen LogP contribution in [0.4, 0.5) is 5.88 Å². The molecule has 0 fully saturated rings. The number of benzene rings is 1. The number of aromatic nitrogens is 1. The molecule has 0 radical (unpaired) electrons. The van der Waals surface area contributed by atoms with Crippen LogP contribution >= 0.6 is 11.3 Å². The monoisotopic (exact) mass is 234 g/mol. The van der Waals surface area contributed by atoms with Gasteiger partial charge in [-0.1, -0.05) is 22.6 Å². The lowest BCUT2D eigenvalue weighted by Gasteiger charge is -1.94. The number of para-hydroxylation sites is 1. The predicted molar refractivity (Wildman–Crippen MR) is 60.3 cm³/mol. The van der Waals surface area contributed by atoms with Gasteiger partial charge in [0.15, 0.2) is 5.58 Å². The fourth-order valence-electron chi connectivity index (χ4n) is 1.51. The van der Waals surface area contributed by atoms with Crippen LogP contribution in [-0.2, 0) is 0 Å². The molecule has 2 aromatic heterocycles. The van der Waals surface area contributed by atoms with E-state index in [1.807, 2.05) is 12.1 Å². The molecule has 0 aliphatic heterocycles. The molecule has 0 bridgehead atoms. The van der Waals surface area contributed by atoms with Crippen LogP contribution in [0, 0.1) is 0 Å². The van der Waals surface area contributed by atoms with Crippen LogP contribution in [0.25, 0.3) is 21.5 Å². The van der Waals surface area contributed by atoms with Gasteiger partial charge in [-0.25, -0.2) is 4.79 Å². The van der Waals surface area contributed by atoms with Crippen molar-refractivity contribution in [1.29, 1.82) is 0 Å². The Kier molecular flexibility index (Phi) is 1.84. The first-order chi connectivity index (χ1) is 7.74. The van der Waals surface area contributed by atoms with Gasteiger partial charge < -0.3 is 14.7 Å². The zero-order valence-electron chi connectivity index (χ0n) is 7.97. The minimum Gasteiger partial charge on any atom is -0.413 e. The Bertz CT molecular complexity index is 710. The molecule has 5 nitrogen and oxygen atoms in total. The van der Waals surface area contributed by atoms with Gasteiger partial charge in [0.2, 0.25) is 5.88 Å². The zero-order chi connectivity index (χ0) is 11.1. The topological polar surface area (TPSA) is 82.3 Å². The zero-order valence-corrected chi connectivity index (χ0v) is 8.78. The second kappa shape index (κ2) is 3.21. The first-order valence-corrected chi connectivity index (χ1v) is 5.31. The molecule has 0 atom stereocenters. The maximum atomic E-state index is 11.2. The summed E-state index contributed by atoms with van der Waals surface area (Å²) in [4.78, 5) is 10.8. The molecule has 3 rings (SSSR count). The summed E-state index contributed by atoms with van der Waals surface area (Å²) in [6.07, 6.45) is 0. The summed E-state index contributed by atoms with van der Waals surface area (Å²) in [6, 6.07) is 7.04. The van der Waals surface area contributed by atoms with Crippen molar-refractivity contribution < 1.29 is 8.94 Å². The summed E-state index contributed by atoms with van der Waals surface area (Å²) < 4.78 is 10.7. The van der Waals surface area contributed by atoms with Crippen LogP contribution in [0.2, 0.25) is 0 Å². The molecular weight excluding hydrogens is 228 g/mol. The summed E-state index contributed by atoms with van der Waals surface area (Å²) in [5, 5.41) is 3.79. The summed E-state index contributed by atoms with van der Waals surface area (Å²) in [7, 11) is 0. The van der Waals surface area contributed by atoms with Crippen molar-refractivity contribution in [3.63, 3.8) is 0 Å². The fourth-order valence-corrected chi connectivity index (χ4v) is 2.21. The predicted octanol–water partition coefficient (Wildman–Crippen LogP) is 2.09. The number of rotatable bonds is 1. The SMILES string of the molecule is Nc1cc(-c2cccc3sc(=O)oc23)no1.